The van der Waals surface area contributed by atoms with Crippen molar-refractivity contribution in [1.29, 1.82) is 0 Å². The Morgan fingerprint density at radius 2 is 1.88 bits per heavy atom. The van der Waals surface area contributed by atoms with Gasteiger partial charge in [0, 0.05) is 18.2 Å². The molecule has 0 spiro atoms. The highest BCUT2D eigenvalue weighted by Gasteiger charge is 2.43. The third-order valence-electron chi connectivity index (χ3n) is 5.51. The fourth-order valence-corrected chi connectivity index (χ4v) is 4.59. The van der Waals surface area contributed by atoms with Crippen LogP contribution in [0.5, 0.6) is 0 Å². The van der Waals surface area contributed by atoms with Crippen molar-refractivity contribution in [1.82, 2.24) is 15.8 Å². The highest BCUT2D eigenvalue weighted by molar-refractivity contribution is 7.92. The Balaban J connectivity index is 1.64. The summed E-state index contributed by atoms with van der Waals surface area (Å²) in [5.41, 5.74) is 1.22. The van der Waals surface area contributed by atoms with E-state index in [2.05, 4.69) is 25.8 Å². The molecule has 11 heteroatoms. The third-order valence-corrected chi connectivity index (χ3v) is 6.10. The highest BCUT2D eigenvalue weighted by atomic mass is 32.2. The van der Waals surface area contributed by atoms with Gasteiger partial charge in [0.05, 0.1) is 11.9 Å². The second kappa shape index (κ2) is 9.18. The van der Waals surface area contributed by atoms with Crippen LogP contribution in [0.1, 0.15) is 24.2 Å². The number of nitrogens with one attached hydrogen (secondary N) is 4. The number of anilines is 2. The molecule has 4 N–H and O–H groups in total. The van der Waals surface area contributed by atoms with E-state index >= 15 is 0 Å². The number of hydrogen-bond acceptors (Lipinski definition) is 6. The van der Waals surface area contributed by atoms with Crippen molar-refractivity contribution in [3.8, 4) is 11.1 Å². The largest absolute Gasteiger partial charge is 0.360 e. The molecule has 3 amide bonds. The predicted molar refractivity (Wildman–Crippen MR) is 128 cm³/mol. The van der Waals surface area contributed by atoms with E-state index in [0.29, 0.717) is 42.0 Å². The summed E-state index contributed by atoms with van der Waals surface area (Å²) >= 11 is 0. The molecule has 4 rings (SSSR count). The number of piperidine rings is 1. The van der Waals surface area contributed by atoms with E-state index in [1.165, 1.54) is 0 Å². The number of aryl methyl sites for hydroxylation is 1. The number of sulfonamides is 1. The van der Waals surface area contributed by atoms with Crippen LogP contribution in [-0.4, -0.2) is 38.3 Å². The first-order valence-electron chi connectivity index (χ1n) is 10.6. The zero-order valence-electron chi connectivity index (χ0n) is 18.7. The monoisotopic (exact) mass is 483 g/mol. The standard InChI is InChI=1S/C23H25N5O5S/c1-15-14-20(27-33-15)25-22(30)26-23(12-5-13-24-21(23)29)17-10-8-16(9-11-17)18-6-3-4-7-19(18)28-34(2,31)32/h3-4,6-11,14,28H,5,12-13H2,1-2H3,(H,24,29)(H2,25,26,27,30)/t23-/m1/s1. The summed E-state index contributed by atoms with van der Waals surface area (Å²) in [7, 11) is -3.46. The summed E-state index contributed by atoms with van der Waals surface area (Å²) in [4.78, 5) is 25.7. The number of nitrogens with zero attached hydrogens (tertiary/aromatic N) is 1. The van der Waals surface area contributed by atoms with Gasteiger partial charge in [-0.25, -0.2) is 13.2 Å². The summed E-state index contributed by atoms with van der Waals surface area (Å²) in [5.74, 6) is 0.477. The van der Waals surface area contributed by atoms with E-state index in [-0.39, 0.29) is 11.7 Å². The molecule has 1 aliphatic heterocycles. The number of rotatable bonds is 6. The van der Waals surface area contributed by atoms with Crippen LogP contribution in [0.4, 0.5) is 16.3 Å². The maximum Gasteiger partial charge on any atom is 0.321 e. The van der Waals surface area contributed by atoms with Crippen molar-refractivity contribution in [2.75, 3.05) is 22.8 Å². The fourth-order valence-electron chi connectivity index (χ4n) is 4.01. The Bertz CT molecular complexity index is 1320. The average molecular weight is 484 g/mol. The van der Waals surface area contributed by atoms with Crippen molar-refractivity contribution >= 4 is 33.5 Å². The number of para-hydroxylation sites is 1. The van der Waals surface area contributed by atoms with Crippen LogP contribution in [0.25, 0.3) is 11.1 Å². The van der Waals surface area contributed by atoms with Gasteiger partial charge < -0.3 is 15.2 Å². The molecular weight excluding hydrogens is 458 g/mol. The molecule has 3 aromatic rings. The fraction of sp³-hybridized carbons (Fsp3) is 0.261. The number of aromatic nitrogens is 1. The molecule has 178 valence electrons. The van der Waals surface area contributed by atoms with Gasteiger partial charge in [-0.3, -0.25) is 14.8 Å². The highest BCUT2D eigenvalue weighted by Crippen LogP contribution is 2.34. The molecule has 10 nitrogen and oxygen atoms in total. The van der Waals surface area contributed by atoms with E-state index in [4.69, 9.17) is 4.52 Å². The topological polar surface area (TPSA) is 142 Å². The van der Waals surface area contributed by atoms with Crippen LogP contribution in [0.15, 0.2) is 59.1 Å². The molecule has 34 heavy (non-hydrogen) atoms. The average Bonchev–Trinajstić information content (AvgIpc) is 3.19. The number of carbonyl (C=O) groups excluding carboxylic acids is 2. The molecule has 1 saturated heterocycles. The molecule has 1 fully saturated rings. The summed E-state index contributed by atoms with van der Waals surface area (Å²) in [6.07, 6.45) is 2.18. The van der Waals surface area contributed by atoms with Gasteiger partial charge in [0.15, 0.2) is 5.82 Å². The Morgan fingerprint density at radius 1 is 1.15 bits per heavy atom. The van der Waals surface area contributed by atoms with Gasteiger partial charge in [0.25, 0.3) is 0 Å². The second-order valence-corrected chi connectivity index (χ2v) is 9.91. The van der Waals surface area contributed by atoms with Crippen LogP contribution >= 0.6 is 0 Å². The normalized spacial score (nSPS) is 18.1. The predicted octanol–water partition coefficient (Wildman–Crippen LogP) is 2.95. The quantitative estimate of drug-likeness (QED) is 0.425. The molecule has 0 saturated carbocycles. The van der Waals surface area contributed by atoms with Crippen molar-refractivity contribution in [2.45, 2.75) is 25.3 Å². The first kappa shape index (κ1) is 23.3. The third kappa shape index (κ3) is 5.04. The van der Waals surface area contributed by atoms with Gasteiger partial charge in [-0.2, -0.15) is 0 Å². The maximum atomic E-state index is 13.0. The maximum absolute atomic E-state index is 13.0. The van der Waals surface area contributed by atoms with Gasteiger partial charge in [0.2, 0.25) is 15.9 Å². The number of amides is 3. The van der Waals surface area contributed by atoms with Gasteiger partial charge in [0.1, 0.15) is 11.3 Å². The van der Waals surface area contributed by atoms with Crippen molar-refractivity contribution < 1.29 is 22.5 Å². The Hall–Kier alpha value is -3.86. The van der Waals surface area contributed by atoms with E-state index in [1.54, 1.807) is 55.5 Å². The smallest absolute Gasteiger partial charge is 0.321 e. The summed E-state index contributed by atoms with van der Waals surface area (Å²) in [5, 5.41) is 12.0. The molecule has 1 aromatic heterocycles. The zero-order chi connectivity index (χ0) is 24.3. The Labute approximate surface area is 197 Å². The molecule has 1 atom stereocenters. The molecule has 0 radical (unpaired) electrons. The lowest BCUT2D eigenvalue weighted by molar-refractivity contribution is -0.129. The summed E-state index contributed by atoms with van der Waals surface area (Å²) < 4.78 is 31.0. The van der Waals surface area contributed by atoms with Crippen molar-refractivity contribution in [2.24, 2.45) is 0 Å². The Kier molecular flexibility index (Phi) is 6.29. The van der Waals surface area contributed by atoms with Crippen LogP contribution in [0, 0.1) is 6.92 Å². The van der Waals surface area contributed by atoms with Crippen LogP contribution in [-0.2, 0) is 20.4 Å². The van der Waals surface area contributed by atoms with Gasteiger partial charge in [-0.1, -0.05) is 47.6 Å². The lowest BCUT2D eigenvalue weighted by Gasteiger charge is -2.37. The minimum atomic E-state index is -3.46. The molecule has 1 aliphatic rings. The summed E-state index contributed by atoms with van der Waals surface area (Å²) in [6, 6.07) is 15.1. The van der Waals surface area contributed by atoms with Crippen LogP contribution in [0.3, 0.4) is 0 Å². The lowest BCUT2D eigenvalue weighted by atomic mass is 9.81. The minimum Gasteiger partial charge on any atom is -0.360 e. The second-order valence-electron chi connectivity index (χ2n) is 8.16. The van der Waals surface area contributed by atoms with Gasteiger partial charge >= 0.3 is 6.03 Å². The number of urea groups is 1. The van der Waals surface area contributed by atoms with Crippen molar-refractivity contribution in [3.63, 3.8) is 0 Å². The number of carbonyl (C=O) groups is 2. The minimum absolute atomic E-state index is 0.242. The van der Waals surface area contributed by atoms with Crippen LogP contribution in [0.2, 0.25) is 0 Å². The van der Waals surface area contributed by atoms with E-state index in [1.807, 2.05) is 6.07 Å². The van der Waals surface area contributed by atoms with Gasteiger partial charge in [-0.05, 0) is 37.0 Å². The first-order chi connectivity index (χ1) is 16.2. The van der Waals surface area contributed by atoms with Crippen LogP contribution < -0.4 is 20.7 Å². The molecule has 2 heterocycles. The first-order valence-corrected chi connectivity index (χ1v) is 12.5. The molecule has 2 aromatic carbocycles. The molecule has 0 unspecified atom stereocenters. The van der Waals surface area contributed by atoms with E-state index in [0.717, 1.165) is 11.8 Å². The Morgan fingerprint density at radius 3 is 2.53 bits per heavy atom. The summed E-state index contributed by atoms with van der Waals surface area (Å²) in [6.45, 7) is 2.23. The molecule has 0 bridgehead atoms. The number of hydrogen-bond donors (Lipinski definition) is 4. The lowest BCUT2D eigenvalue weighted by Crippen LogP contribution is -2.60. The molecule has 0 aliphatic carbocycles. The zero-order valence-corrected chi connectivity index (χ0v) is 19.5. The van der Waals surface area contributed by atoms with E-state index in [9.17, 15) is 18.0 Å². The van der Waals surface area contributed by atoms with Crippen molar-refractivity contribution in [3.05, 3.63) is 65.9 Å². The van der Waals surface area contributed by atoms with Gasteiger partial charge in [-0.15, -0.1) is 0 Å². The SMILES string of the molecule is Cc1cc(NC(=O)N[C@@]2(c3ccc(-c4ccccc4NS(C)(=O)=O)cc3)CCCNC2=O)no1. The van der Waals surface area contributed by atoms with E-state index < -0.39 is 21.6 Å². The number of benzene rings is 2. The molecular formula is C23H25N5O5S.